The first-order valence-corrected chi connectivity index (χ1v) is 10.9. The molecular weight excluding hydrogens is 364 g/mol. The van der Waals surface area contributed by atoms with Gasteiger partial charge >= 0.3 is 6.09 Å². The molecule has 0 fully saturated rings. The first-order valence-electron chi connectivity index (χ1n) is 8.36. The van der Waals surface area contributed by atoms with E-state index >= 15 is 0 Å². The molecule has 0 aromatic heterocycles. The number of carbonyl (C=O) groups is 1. The molecule has 0 aliphatic carbocycles. The Morgan fingerprint density at radius 3 is 1.92 bits per heavy atom. The van der Waals surface area contributed by atoms with Crippen molar-refractivity contribution in [1.29, 1.82) is 0 Å². The second-order valence-electron chi connectivity index (χ2n) is 6.29. The largest absolute Gasteiger partial charge is 0.465 e. The minimum absolute atomic E-state index is 0.233. The van der Waals surface area contributed by atoms with E-state index in [1.54, 1.807) is 10.8 Å². The standard InChI is InChI=1S/C16H34N2O5S2/c1-16(2,25-24-5)14-17(3)6-8-21-10-12-23-13-11-22-9-7-18(4)15(19)20/h6-14H2,1-5H3,(H,19,20). The summed E-state index contributed by atoms with van der Waals surface area (Å²) in [5.74, 6) is 0. The molecule has 0 unspecified atom stereocenters. The lowest BCUT2D eigenvalue weighted by atomic mass is 10.2. The molecule has 0 aliphatic rings. The molecule has 0 saturated carbocycles. The Morgan fingerprint density at radius 1 is 0.960 bits per heavy atom. The molecule has 1 amide bonds. The van der Waals surface area contributed by atoms with Crippen LogP contribution in [0.3, 0.4) is 0 Å². The van der Waals surface area contributed by atoms with Gasteiger partial charge in [0.25, 0.3) is 0 Å². The molecule has 0 rings (SSSR count). The molecule has 0 saturated heterocycles. The Balaban J connectivity index is 3.37. The molecule has 0 spiro atoms. The molecule has 1 N–H and O–H groups in total. The van der Waals surface area contributed by atoms with Gasteiger partial charge in [-0.05, 0) is 27.2 Å². The first kappa shape index (κ1) is 24.8. The van der Waals surface area contributed by atoms with E-state index in [1.165, 1.54) is 11.9 Å². The van der Waals surface area contributed by atoms with Crippen molar-refractivity contribution in [2.75, 3.05) is 79.6 Å². The highest BCUT2D eigenvalue weighted by Gasteiger charge is 2.20. The Bertz CT molecular complexity index is 348. The second-order valence-corrected chi connectivity index (χ2v) is 9.39. The van der Waals surface area contributed by atoms with Crippen molar-refractivity contribution in [3.05, 3.63) is 0 Å². The minimum Gasteiger partial charge on any atom is -0.465 e. The number of rotatable bonds is 16. The maximum Gasteiger partial charge on any atom is 0.407 e. The molecule has 25 heavy (non-hydrogen) atoms. The Labute approximate surface area is 160 Å². The zero-order valence-electron chi connectivity index (χ0n) is 16.2. The summed E-state index contributed by atoms with van der Waals surface area (Å²) in [6.07, 6.45) is 1.16. The van der Waals surface area contributed by atoms with Crippen LogP contribution in [0, 0.1) is 0 Å². The summed E-state index contributed by atoms with van der Waals surface area (Å²) in [4.78, 5) is 14.0. The predicted molar refractivity (Wildman–Crippen MR) is 106 cm³/mol. The highest BCUT2D eigenvalue weighted by Crippen LogP contribution is 2.33. The van der Waals surface area contributed by atoms with Crippen LogP contribution in [0.25, 0.3) is 0 Å². The van der Waals surface area contributed by atoms with Gasteiger partial charge in [-0.25, -0.2) is 4.79 Å². The molecule has 9 heteroatoms. The van der Waals surface area contributed by atoms with Crippen molar-refractivity contribution in [3.8, 4) is 0 Å². The average molecular weight is 399 g/mol. The van der Waals surface area contributed by atoms with Gasteiger partial charge in [-0.3, -0.25) is 0 Å². The van der Waals surface area contributed by atoms with E-state index in [1.807, 2.05) is 10.8 Å². The number of carboxylic acid groups (broad SMARTS) is 1. The van der Waals surface area contributed by atoms with E-state index in [0.29, 0.717) is 46.2 Å². The molecule has 0 aromatic rings. The molecule has 0 bridgehead atoms. The smallest absolute Gasteiger partial charge is 0.407 e. The molecule has 7 nitrogen and oxygen atoms in total. The number of likely N-dealkylation sites (N-methyl/N-ethyl adjacent to an activating group) is 2. The van der Waals surface area contributed by atoms with Crippen molar-refractivity contribution in [2.24, 2.45) is 0 Å². The fourth-order valence-electron chi connectivity index (χ4n) is 2.04. The highest BCUT2D eigenvalue weighted by molar-refractivity contribution is 8.76. The van der Waals surface area contributed by atoms with E-state index in [0.717, 1.165) is 13.1 Å². The molecule has 0 atom stereocenters. The molecule has 0 heterocycles. The van der Waals surface area contributed by atoms with E-state index in [-0.39, 0.29) is 4.75 Å². The fraction of sp³-hybridized carbons (Fsp3) is 0.938. The van der Waals surface area contributed by atoms with Gasteiger partial charge < -0.3 is 29.1 Å². The lowest BCUT2D eigenvalue weighted by Crippen LogP contribution is -2.35. The van der Waals surface area contributed by atoms with Crippen LogP contribution >= 0.6 is 21.6 Å². The van der Waals surface area contributed by atoms with Crippen molar-refractivity contribution in [2.45, 2.75) is 18.6 Å². The average Bonchev–Trinajstić information content (AvgIpc) is 2.51. The summed E-state index contributed by atoms with van der Waals surface area (Å²) in [5.41, 5.74) is 0. The summed E-state index contributed by atoms with van der Waals surface area (Å²) < 4.78 is 16.5. The molecular formula is C16H34N2O5S2. The number of nitrogens with zero attached hydrogens (tertiary/aromatic N) is 2. The van der Waals surface area contributed by atoms with Crippen LogP contribution in [0.15, 0.2) is 0 Å². The van der Waals surface area contributed by atoms with Gasteiger partial charge in [-0.15, -0.1) is 0 Å². The van der Waals surface area contributed by atoms with Crippen molar-refractivity contribution in [1.82, 2.24) is 9.80 Å². The van der Waals surface area contributed by atoms with E-state index < -0.39 is 6.09 Å². The quantitative estimate of drug-likeness (QED) is 0.314. The van der Waals surface area contributed by atoms with Gasteiger partial charge in [0.15, 0.2) is 0 Å². The van der Waals surface area contributed by atoms with E-state index in [9.17, 15) is 4.79 Å². The summed E-state index contributed by atoms with van der Waals surface area (Å²) in [5, 5.41) is 8.67. The zero-order chi connectivity index (χ0) is 19.1. The van der Waals surface area contributed by atoms with Crippen LogP contribution in [0.2, 0.25) is 0 Å². The summed E-state index contributed by atoms with van der Waals surface area (Å²) in [6, 6.07) is 0. The van der Waals surface area contributed by atoms with Crippen LogP contribution in [-0.4, -0.2) is 105 Å². The number of hydrogen-bond acceptors (Lipinski definition) is 7. The van der Waals surface area contributed by atoms with Gasteiger partial charge in [0.05, 0.1) is 39.6 Å². The van der Waals surface area contributed by atoms with E-state index in [2.05, 4.69) is 32.1 Å². The van der Waals surface area contributed by atoms with Crippen molar-refractivity contribution in [3.63, 3.8) is 0 Å². The maximum absolute atomic E-state index is 10.6. The number of hydrogen-bond donors (Lipinski definition) is 1. The first-order chi connectivity index (χ1) is 11.8. The third kappa shape index (κ3) is 15.8. The highest BCUT2D eigenvalue weighted by atomic mass is 33.1. The van der Waals surface area contributed by atoms with Gasteiger partial charge in [0.2, 0.25) is 0 Å². The Hall–Kier alpha value is -0.190. The Kier molecular flexibility index (Phi) is 14.8. The van der Waals surface area contributed by atoms with Gasteiger partial charge in [0, 0.05) is 31.4 Å². The van der Waals surface area contributed by atoms with Crippen LogP contribution in [0.5, 0.6) is 0 Å². The summed E-state index contributed by atoms with van der Waals surface area (Å²) >= 11 is 0. The molecule has 0 radical (unpaired) electrons. The third-order valence-electron chi connectivity index (χ3n) is 3.22. The lowest BCUT2D eigenvalue weighted by molar-refractivity contribution is 0.00907. The van der Waals surface area contributed by atoms with Gasteiger partial charge in [-0.2, -0.15) is 0 Å². The van der Waals surface area contributed by atoms with Crippen molar-refractivity contribution >= 4 is 27.7 Å². The summed E-state index contributed by atoms with van der Waals surface area (Å²) in [7, 11) is 7.32. The predicted octanol–water partition coefficient (Wildman–Crippen LogP) is 2.37. The minimum atomic E-state index is -0.950. The monoisotopic (exact) mass is 398 g/mol. The normalized spacial score (nSPS) is 11.9. The zero-order valence-corrected chi connectivity index (χ0v) is 17.8. The maximum atomic E-state index is 10.6. The van der Waals surface area contributed by atoms with Crippen LogP contribution < -0.4 is 0 Å². The Morgan fingerprint density at radius 2 is 1.44 bits per heavy atom. The third-order valence-corrected chi connectivity index (χ3v) is 5.82. The van der Waals surface area contributed by atoms with Gasteiger partial charge in [0.1, 0.15) is 0 Å². The van der Waals surface area contributed by atoms with Crippen molar-refractivity contribution < 1.29 is 24.1 Å². The second kappa shape index (κ2) is 14.9. The van der Waals surface area contributed by atoms with Crippen LogP contribution in [-0.2, 0) is 14.2 Å². The summed E-state index contributed by atoms with van der Waals surface area (Å²) in [6.45, 7) is 9.90. The topological polar surface area (TPSA) is 71.5 Å². The van der Waals surface area contributed by atoms with Gasteiger partial charge in [-0.1, -0.05) is 21.6 Å². The molecule has 0 aromatic carbocycles. The molecule has 150 valence electrons. The van der Waals surface area contributed by atoms with Crippen LogP contribution in [0.1, 0.15) is 13.8 Å². The number of amides is 1. The molecule has 0 aliphatic heterocycles. The van der Waals surface area contributed by atoms with E-state index in [4.69, 9.17) is 19.3 Å². The fourth-order valence-corrected chi connectivity index (χ4v) is 4.28. The SMILES string of the molecule is CSSC(C)(C)CN(C)CCOCCOCCOCCN(C)C(=O)O. The lowest BCUT2D eigenvalue weighted by Gasteiger charge is -2.28. The number of ether oxygens (including phenoxy) is 3. The van der Waals surface area contributed by atoms with Crippen LogP contribution in [0.4, 0.5) is 4.79 Å².